The highest BCUT2D eigenvalue weighted by Gasteiger charge is 2.32. The number of fused-ring (bicyclic) bond motifs is 1. The van der Waals surface area contributed by atoms with Gasteiger partial charge in [-0.05, 0) is 17.7 Å². The maximum Gasteiger partial charge on any atom is 0.290 e. The second kappa shape index (κ2) is 8.52. The number of hydrogen-bond acceptors (Lipinski definition) is 5. The monoisotopic (exact) mass is 387 g/mol. The molecule has 1 N–H and O–H groups in total. The van der Waals surface area contributed by atoms with Crippen LogP contribution in [0, 0.1) is 0 Å². The van der Waals surface area contributed by atoms with E-state index in [1.807, 2.05) is 47.5 Å². The van der Waals surface area contributed by atoms with Crippen molar-refractivity contribution in [1.29, 1.82) is 0 Å². The van der Waals surface area contributed by atoms with Crippen LogP contribution in [-0.4, -0.2) is 42.5 Å². The summed E-state index contributed by atoms with van der Waals surface area (Å²) in [5.74, 6) is 0.257. The van der Waals surface area contributed by atoms with Gasteiger partial charge in [-0.3, -0.25) is 9.78 Å². The number of pyridine rings is 1. The molecule has 2 aromatic heterocycles. The molecule has 3 heterocycles. The number of amides is 1. The Morgan fingerprint density at radius 1 is 1.33 bits per heavy atom. The zero-order valence-electron chi connectivity index (χ0n) is 15.1. The van der Waals surface area contributed by atoms with Crippen molar-refractivity contribution in [3.05, 3.63) is 65.7 Å². The van der Waals surface area contributed by atoms with Crippen molar-refractivity contribution in [3.63, 3.8) is 0 Å². The van der Waals surface area contributed by atoms with Gasteiger partial charge >= 0.3 is 0 Å². The summed E-state index contributed by atoms with van der Waals surface area (Å²) in [5, 5.41) is 4.28. The molecule has 1 fully saturated rings. The summed E-state index contributed by atoms with van der Waals surface area (Å²) >= 11 is 0. The molecule has 0 aliphatic carbocycles. The molecular weight excluding hydrogens is 366 g/mol. The van der Waals surface area contributed by atoms with E-state index in [1.165, 1.54) is 0 Å². The van der Waals surface area contributed by atoms with Crippen LogP contribution in [0.3, 0.4) is 0 Å². The Balaban J connectivity index is 0.00000210. The number of carbonyl (C=O) groups excluding carboxylic acids is 1. The number of aromatic nitrogens is 1. The van der Waals surface area contributed by atoms with Crippen LogP contribution in [0.15, 0.2) is 53.2 Å². The number of carbonyl (C=O) groups is 1. The minimum Gasteiger partial charge on any atom is -0.451 e. The Morgan fingerprint density at radius 3 is 2.96 bits per heavy atom. The van der Waals surface area contributed by atoms with Gasteiger partial charge in [-0.1, -0.05) is 24.3 Å². The largest absolute Gasteiger partial charge is 0.451 e. The second-order valence-corrected chi connectivity index (χ2v) is 6.34. The van der Waals surface area contributed by atoms with Crippen molar-refractivity contribution < 1.29 is 13.9 Å². The van der Waals surface area contributed by atoms with Gasteiger partial charge in [-0.2, -0.15) is 0 Å². The Labute approximate surface area is 163 Å². The molecule has 1 aromatic carbocycles. The normalized spacial score (nSPS) is 16.9. The van der Waals surface area contributed by atoms with Crippen molar-refractivity contribution in [3.8, 4) is 0 Å². The fourth-order valence-corrected chi connectivity index (χ4v) is 3.51. The number of nitrogens with one attached hydrogen (secondary N) is 1. The van der Waals surface area contributed by atoms with E-state index in [1.54, 1.807) is 13.3 Å². The number of piperazine rings is 1. The average molecular weight is 388 g/mol. The standard InChI is InChI=1S/C20H21N3O3.ClH/c1-25-13-16-15-6-2-3-7-18(15)26-19(16)20(24)23-10-9-22-12-17(23)14-5-4-8-21-11-14;/h2-8,11,17,22H,9-10,12-13H2,1H3;1H. The number of nitrogens with zero attached hydrogens (tertiary/aromatic N) is 2. The first-order chi connectivity index (χ1) is 12.8. The first-order valence-corrected chi connectivity index (χ1v) is 8.70. The van der Waals surface area contributed by atoms with Gasteiger partial charge in [0.25, 0.3) is 5.91 Å². The molecule has 0 bridgehead atoms. The first-order valence-electron chi connectivity index (χ1n) is 8.70. The van der Waals surface area contributed by atoms with E-state index in [2.05, 4.69) is 10.3 Å². The maximum atomic E-state index is 13.4. The van der Waals surface area contributed by atoms with Gasteiger partial charge in [0.05, 0.1) is 12.6 Å². The van der Waals surface area contributed by atoms with Crippen molar-refractivity contribution in [2.24, 2.45) is 0 Å². The smallest absolute Gasteiger partial charge is 0.290 e. The van der Waals surface area contributed by atoms with Crippen molar-refractivity contribution in [2.75, 3.05) is 26.7 Å². The van der Waals surface area contributed by atoms with Crippen LogP contribution in [-0.2, 0) is 11.3 Å². The molecule has 7 heteroatoms. The average Bonchev–Trinajstić information content (AvgIpc) is 3.07. The van der Waals surface area contributed by atoms with Gasteiger partial charge in [0.1, 0.15) is 5.58 Å². The predicted molar refractivity (Wildman–Crippen MR) is 105 cm³/mol. The van der Waals surface area contributed by atoms with Crippen LogP contribution in [0.2, 0.25) is 0 Å². The highest BCUT2D eigenvalue weighted by molar-refractivity contribution is 5.99. The van der Waals surface area contributed by atoms with Crippen LogP contribution in [0.5, 0.6) is 0 Å². The van der Waals surface area contributed by atoms with Crippen molar-refractivity contribution in [1.82, 2.24) is 15.2 Å². The van der Waals surface area contributed by atoms with Crippen molar-refractivity contribution in [2.45, 2.75) is 12.6 Å². The molecule has 1 aliphatic heterocycles. The molecular formula is C20H22ClN3O3. The van der Waals surface area contributed by atoms with Gasteiger partial charge in [0.2, 0.25) is 0 Å². The molecule has 6 nitrogen and oxygen atoms in total. The van der Waals surface area contributed by atoms with Gasteiger partial charge in [0, 0.05) is 50.1 Å². The Bertz CT molecular complexity index is 913. The van der Waals surface area contributed by atoms with Crippen LogP contribution < -0.4 is 5.32 Å². The Hall–Kier alpha value is -2.41. The molecule has 0 saturated carbocycles. The first kappa shape index (κ1) is 19.4. The summed E-state index contributed by atoms with van der Waals surface area (Å²) in [6.07, 6.45) is 3.55. The minimum absolute atomic E-state index is 0. The lowest BCUT2D eigenvalue weighted by molar-refractivity contribution is 0.0597. The highest BCUT2D eigenvalue weighted by atomic mass is 35.5. The summed E-state index contributed by atoms with van der Waals surface area (Å²) in [7, 11) is 1.62. The Morgan fingerprint density at radius 2 is 2.19 bits per heavy atom. The van der Waals surface area contributed by atoms with Crippen LogP contribution >= 0.6 is 12.4 Å². The summed E-state index contributed by atoms with van der Waals surface area (Å²) in [6.45, 7) is 2.39. The number of para-hydroxylation sites is 1. The number of methoxy groups -OCH3 is 1. The highest BCUT2D eigenvalue weighted by Crippen LogP contribution is 2.30. The van der Waals surface area contributed by atoms with E-state index < -0.39 is 0 Å². The molecule has 1 unspecified atom stereocenters. The lowest BCUT2D eigenvalue weighted by Gasteiger charge is -2.36. The summed E-state index contributed by atoms with van der Waals surface area (Å²) in [5.41, 5.74) is 2.52. The van der Waals surface area contributed by atoms with Gasteiger partial charge in [-0.25, -0.2) is 0 Å². The van der Waals surface area contributed by atoms with Crippen LogP contribution in [0.25, 0.3) is 11.0 Å². The third kappa shape index (κ3) is 3.69. The topological polar surface area (TPSA) is 67.6 Å². The molecule has 27 heavy (non-hydrogen) atoms. The van der Waals surface area contributed by atoms with E-state index in [-0.39, 0.29) is 24.4 Å². The lowest BCUT2D eigenvalue weighted by Crippen LogP contribution is -2.48. The minimum atomic E-state index is -0.108. The predicted octanol–water partition coefficient (Wildman–Crippen LogP) is 3.18. The molecule has 1 amide bonds. The molecule has 142 valence electrons. The lowest BCUT2D eigenvalue weighted by atomic mass is 10.0. The third-order valence-electron chi connectivity index (χ3n) is 4.75. The van der Waals surface area contributed by atoms with Crippen LogP contribution in [0.1, 0.15) is 27.7 Å². The number of halogens is 1. The van der Waals surface area contributed by atoms with Gasteiger partial charge < -0.3 is 19.4 Å². The van der Waals surface area contributed by atoms with E-state index in [4.69, 9.17) is 9.15 Å². The van der Waals surface area contributed by atoms with E-state index in [0.717, 1.165) is 23.1 Å². The maximum absolute atomic E-state index is 13.4. The zero-order valence-corrected chi connectivity index (χ0v) is 15.9. The molecule has 3 aromatic rings. The van der Waals surface area contributed by atoms with Crippen LogP contribution in [0.4, 0.5) is 0 Å². The number of ether oxygens (including phenoxy) is 1. The van der Waals surface area contributed by atoms with Gasteiger partial charge in [-0.15, -0.1) is 12.4 Å². The van der Waals surface area contributed by atoms with E-state index in [0.29, 0.717) is 31.0 Å². The third-order valence-corrected chi connectivity index (χ3v) is 4.75. The Kier molecular flexibility index (Phi) is 6.11. The van der Waals surface area contributed by atoms with Gasteiger partial charge in [0.15, 0.2) is 5.76 Å². The number of hydrogen-bond donors (Lipinski definition) is 1. The summed E-state index contributed by atoms with van der Waals surface area (Å²) in [6, 6.07) is 11.5. The second-order valence-electron chi connectivity index (χ2n) is 6.34. The van der Waals surface area contributed by atoms with Crippen molar-refractivity contribution >= 4 is 29.3 Å². The fraction of sp³-hybridized carbons (Fsp3) is 0.300. The van der Waals surface area contributed by atoms with E-state index in [9.17, 15) is 4.79 Å². The molecule has 0 spiro atoms. The molecule has 1 aliphatic rings. The number of benzene rings is 1. The fourth-order valence-electron chi connectivity index (χ4n) is 3.51. The number of furan rings is 1. The molecule has 1 atom stereocenters. The molecule has 0 radical (unpaired) electrons. The zero-order chi connectivity index (χ0) is 17.9. The van der Waals surface area contributed by atoms with E-state index >= 15 is 0 Å². The summed E-state index contributed by atoms with van der Waals surface area (Å²) < 4.78 is 11.3. The molecule has 4 rings (SSSR count). The molecule has 1 saturated heterocycles. The number of rotatable bonds is 4. The quantitative estimate of drug-likeness (QED) is 0.744. The summed E-state index contributed by atoms with van der Waals surface area (Å²) in [4.78, 5) is 19.4. The SMILES string of the molecule is COCc1c(C(=O)N2CCNCC2c2cccnc2)oc2ccccc12.Cl.